The smallest absolute Gasteiger partial charge is 0.266 e. The molecule has 0 spiro atoms. The van der Waals surface area contributed by atoms with Crippen molar-refractivity contribution in [2.24, 2.45) is 0 Å². The Bertz CT molecular complexity index is 868. The number of carbonyl (C=O) groups is 1. The lowest BCUT2D eigenvalue weighted by Crippen LogP contribution is -2.21. The number of hydrogen-bond donors (Lipinski definition) is 2. The average Bonchev–Trinajstić information content (AvgIpc) is 2.62. The third-order valence-corrected chi connectivity index (χ3v) is 4.38. The summed E-state index contributed by atoms with van der Waals surface area (Å²) in [5.74, 6) is -0.504. The molecule has 0 bridgehead atoms. The predicted molar refractivity (Wildman–Crippen MR) is 108 cm³/mol. The number of carbonyl (C=O) groups excluding carboxylic acids is 1. The Balaban J connectivity index is 2.25. The van der Waals surface area contributed by atoms with Crippen LogP contribution in [0.4, 0.5) is 11.4 Å². The van der Waals surface area contributed by atoms with Crippen molar-refractivity contribution >= 4 is 39.3 Å². The number of nitriles is 1. The highest BCUT2D eigenvalue weighted by Crippen LogP contribution is 2.27. The minimum absolute atomic E-state index is 0.0254. The lowest BCUT2D eigenvalue weighted by atomic mass is 10.1. The number of benzene rings is 2. The summed E-state index contributed by atoms with van der Waals surface area (Å²) in [6.07, 6.45) is 1.38. The lowest BCUT2D eigenvalue weighted by Gasteiger charge is -2.21. The van der Waals surface area contributed by atoms with Crippen LogP contribution in [-0.2, 0) is 4.79 Å². The van der Waals surface area contributed by atoms with Gasteiger partial charge in [-0.3, -0.25) is 4.79 Å². The first-order chi connectivity index (χ1) is 12.5. The van der Waals surface area contributed by atoms with E-state index in [1.807, 2.05) is 32.0 Å². The second kappa shape index (κ2) is 9.07. The Morgan fingerprint density at radius 1 is 1.27 bits per heavy atom. The maximum Gasteiger partial charge on any atom is 0.266 e. The molecule has 0 unspecified atom stereocenters. The van der Waals surface area contributed by atoms with Gasteiger partial charge in [0.1, 0.15) is 17.4 Å². The summed E-state index contributed by atoms with van der Waals surface area (Å²) < 4.78 is 0.822. The lowest BCUT2D eigenvalue weighted by molar-refractivity contribution is -0.112. The number of anilines is 2. The predicted octanol–water partition coefficient (Wildman–Crippen LogP) is 4.55. The van der Waals surface area contributed by atoms with Crippen molar-refractivity contribution in [2.75, 3.05) is 23.3 Å². The Labute approximate surface area is 161 Å². The molecule has 2 aromatic carbocycles. The van der Waals surface area contributed by atoms with E-state index >= 15 is 0 Å². The van der Waals surface area contributed by atoms with Crippen LogP contribution in [0.1, 0.15) is 19.4 Å². The van der Waals surface area contributed by atoms with Gasteiger partial charge in [0, 0.05) is 40.6 Å². The molecule has 0 aliphatic heterocycles. The highest BCUT2D eigenvalue weighted by molar-refractivity contribution is 9.10. The van der Waals surface area contributed by atoms with Gasteiger partial charge in [-0.15, -0.1) is 0 Å². The van der Waals surface area contributed by atoms with Gasteiger partial charge in [0.05, 0.1) is 0 Å². The molecule has 134 valence electrons. The van der Waals surface area contributed by atoms with E-state index in [4.69, 9.17) is 0 Å². The van der Waals surface area contributed by atoms with Gasteiger partial charge in [-0.05, 0) is 50.3 Å². The fraction of sp³-hybridized carbons (Fsp3) is 0.200. The quantitative estimate of drug-likeness (QED) is 0.537. The topological polar surface area (TPSA) is 76.4 Å². The number of aromatic hydroxyl groups is 1. The first kappa shape index (κ1) is 19.5. The Morgan fingerprint density at radius 2 is 2.00 bits per heavy atom. The zero-order valence-corrected chi connectivity index (χ0v) is 16.2. The number of amides is 1. The van der Waals surface area contributed by atoms with Crippen molar-refractivity contribution < 1.29 is 9.90 Å². The highest BCUT2D eigenvalue weighted by atomic mass is 79.9. The summed E-state index contributed by atoms with van der Waals surface area (Å²) in [4.78, 5) is 14.4. The Hall–Kier alpha value is -2.78. The van der Waals surface area contributed by atoms with Crippen molar-refractivity contribution in [1.82, 2.24) is 0 Å². The summed E-state index contributed by atoms with van der Waals surface area (Å²) in [6, 6.07) is 14.2. The fourth-order valence-electron chi connectivity index (χ4n) is 2.51. The van der Waals surface area contributed by atoms with E-state index in [-0.39, 0.29) is 11.3 Å². The fourth-order valence-corrected chi connectivity index (χ4v) is 2.91. The van der Waals surface area contributed by atoms with Gasteiger partial charge >= 0.3 is 0 Å². The summed E-state index contributed by atoms with van der Waals surface area (Å²) in [7, 11) is 0. The van der Waals surface area contributed by atoms with E-state index in [0.717, 1.165) is 23.2 Å². The van der Waals surface area contributed by atoms with Crippen LogP contribution in [0.15, 0.2) is 52.5 Å². The monoisotopic (exact) mass is 413 g/mol. The molecule has 0 atom stereocenters. The first-order valence-corrected chi connectivity index (χ1v) is 9.04. The van der Waals surface area contributed by atoms with Crippen LogP contribution in [0.25, 0.3) is 6.08 Å². The van der Waals surface area contributed by atoms with Crippen LogP contribution in [-0.4, -0.2) is 24.1 Å². The largest absolute Gasteiger partial charge is 0.507 e. The zero-order chi connectivity index (χ0) is 19.1. The molecule has 0 heterocycles. The number of rotatable bonds is 6. The van der Waals surface area contributed by atoms with Crippen LogP contribution in [0.3, 0.4) is 0 Å². The van der Waals surface area contributed by atoms with Crippen molar-refractivity contribution in [1.29, 1.82) is 5.26 Å². The maximum atomic E-state index is 12.3. The van der Waals surface area contributed by atoms with E-state index in [1.54, 1.807) is 30.3 Å². The molecule has 1 amide bonds. The second-order valence-electron chi connectivity index (χ2n) is 5.55. The molecule has 0 saturated heterocycles. The van der Waals surface area contributed by atoms with Crippen LogP contribution < -0.4 is 10.2 Å². The minimum Gasteiger partial charge on any atom is -0.507 e. The molecule has 0 aromatic heterocycles. The van der Waals surface area contributed by atoms with Gasteiger partial charge in [-0.25, -0.2) is 0 Å². The molecule has 2 rings (SSSR count). The van der Waals surface area contributed by atoms with Gasteiger partial charge < -0.3 is 15.3 Å². The number of nitrogens with zero attached hydrogens (tertiary/aromatic N) is 2. The van der Waals surface area contributed by atoms with Crippen LogP contribution in [0.2, 0.25) is 0 Å². The standard InChI is InChI=1S/C20H20BrN3O2/c1-3-24(4-2)18-9-8-14(19(25)12-18)10-15(13-22)20(26)23-17-7-5-6-16(21)11-17/h5-12,25H,3-4H2,1-2H3,(H,23,26)/b15-10-. The molecule has 0 saturated carbocycles. The van der Waals surface area contributed by atoms with E-state index in [2.05, 4.69) is 26.1 Å². The second-order valence-corrected chi connectivity index (χ2v) is 6.47. The maximum absolute atomic E-state index is 12.3. The van der Waals surface area contributed by atoms with Gasteiger partial charge in [0.2, 0.25) is 0 Å². The molecule has 0 radical (unpaired) electrons. The molecular formula is C20H20BrN3O2. The van der Waals surface area contributed by atoms with Crippen molar-refractivity contribution in [3.8, 4) is 11.8 Å². The van der Waals surface area contributed by atoms with Crippen molar-refractivity contribution in [2.45, 2.75) is 13.8 Å². The van der Waals surface area contributed by atoms with Crippen molar-refractivity contribution in [3.05, 3.63) is 58.1 Å². The average molecular weight is 414 g/mol. The normalized spacial score (nSPS) is 10.9. The van der Waals surface area contributed by atoms with Gasteiger partial charge in [0.15, 0.2) is 0 Å². The van der Waals surface area contributed by atoms with Crippen molar-refractivity contribution in [3.63, 3.8) is 0 Å². The van der Waals surface area contributed by atoms with Gasteiger partial charge in [0.25, 0.3) is 5.91 Å². The number of phenolic OH excluding ortho intramolecular Hbond substituents is 1. The van der Waals surface area contributed by atoms with E-state index in [1.165, 1.54) is 6.08 Å². The molecule has 6 heteroatoms. The molecule has 5 nitrogen and oxygen atoms in total. The molecule has 0 fully saturated rings. The van der Waals surface area contributed by atoms with E-state index in [0.29, 0.717) is 11.3 Å². The summed E-state index contributed by atoms with van der Waals surface area (Å²) in [5.41, 5.74) is 1.80. The third kappa shape index (κ3) is 4.87. The number of halogens is 1. The summed E-state index contributed by atoms with van der Waals surface area (Å²) >= 11 is 3.33. The molecule has 0 aliphatic rings. The Kier molecular flexibility index (Phi) is 6.81. The Morgan fingerprint density at radius 3 is 2.58 bits per heavy atom. The van der Waals surface area contributed by atoms with Crippen LogP contribution in [0.5, 0.6) is 5.75 Å². The summed E-state index contributed by atoms with van der Waals surface area (Å²) in [5, 5.41) is 22.3. The number of nitrogens with one attached hydrogen (secondary N) is 1. The molecule has 0 aliphatic carbocycles. The van der Waals surface area contributed by atoms with Gasteiger partial charge in [-0.1, -0.05) is 22.0 Å². The molecular weight excluding hydrogens is 394 g/mol. The summed E-state index contributed by atoms with van der Waals surface area (Å²) in [6.45, 7) is 5.72. The van der Waals surface area contributed by atoms with E-state index in [9.17, 15) is 15.2 Å². The number of hydrogen-bond acceptors (Lipinski definition) is 4. The van der Waals surface area contributed by atoms with Crippen LogP contribution >= 0.6 is 15.9 Å². The minimum atomic E-state index is -0.530. The first-order valence-electron chi connectivity index (χ1n) is 8.25. The third-order valence-electron chi connectivity index (χ3n) is 3.89. The SMILES string of the molecule is CCN(CC)c1ccc(/C=C(/C#N)C(=O)Nc2cccc(Br)c2)c(O)c1. The molecule has 26 heavy (non-hydrogen) atoms. The zero-order valence-electron chi connectivity index (χ0n) is 14.7. The molecule has 2 aromatic rings. The van der Waals surface area contributed by atoms with Gasteiger partial charge in [-0.2, -0.15) is 5.26 Å². The van der Waals surface area contributed by atoms with Crippen LogP contribution in [0, 0.1) is 11.3 Å². The molecule has 2 N–H and O–H groups in total. The highest BCUT2D eigenvalue weighted by Gasteiger charge is 2.12. The number of phenols is 1. The van der Waals surface area contributed by atoms with E-state index < -0.39 is 5.91 Å².